The molecule has 0 heterocycles. The van der Waals surface area contributed by atoms with Crippen LogP contribution in [0.3, 0.4) is 0 Å². The number of halogens is 2. The number of anilines is 1. The molecular weight excluding hydrogens is 480 g/mol. The number of carboxylic acids is 1. The van der Waals surface area contributed by atoms with Crippen molar-refractivity contribution in [2.45, 2.75) is 0 Å². The average Bonchev–Trinajstić information content (AvgIpc) is 2.36. The molecule has 6 nitrogen and oxygen atoms in total. The summed E-state index contributed by atoms with van der Waals surface area (Å²) in [5, 5.41) is 21.1. The molecule has 8 heteroatoms. The lowest BCUT2D eigenvalue weighted by atomic mass is 10.2. The Morgan fingerprint density at radius 2 is 2.11 bits per heavy atom. The molecule has 1 rings (SSSR count). The predicted octanol–water partition coefficient (Wildman–Crippen LogP) is 3.03. The molecular formula is C11H9I2NO5. The number of hydrogen-bond acceptors (Lipinski definition) is 4. The van der Waals surface area contributed by atoms with E-state index < -0.39 is 17.8 Å². The SMILES string of the molecule is C=CCOC(=O)Nc1c(I)cc(C(=O)O)c(O)c1I. The zero-order valence-electron chi connectivity index (χ0n) is 9.44. The van der Waals surface area contributed by atoms with Gasteiger partial charge in [0.05, 0.1) is 9.26 Å². The van der Waals surface area contributed by atoms with Gasteiger partial charge in [0.1, 0.15) is 17.9 Å². The van der Waals surface area contributed by atoms with Crippen molar-refractivity contribution in [2.24, 2.45) is 0 Å². The standard InChI is InChI=1S/C11H9I2NO5/c1-2-3-19-11(18)14-8-6(12)4-5(10(16)17)9(15)7(8)13/h2,4,15H,1,3H2,(H,14,18)(H,16,17). The first-order valence-corrected chi connectivity index (χ1v) is 7.03. The summed E-state index contributed by atoms with van der Waals surface area (Å²) >= 11 is 3.62. The summed E-state index contributed by atoms with van der Waals surface area (Å²) < 4.78 is 5.46. The van der Waals surface area contributed by atoms with E-state index in [9.17, 15) is 14.7 Å². The Labute approximate surface area is 136 Å². The van der Waals surface area contributed by atoms with Gasteiger partial charge in [-0.2, -0.15) is 0 Å². The van der Waals surface area contributed by atoms with E-state index in [-0.39, 0.29) is 15.7 Å². The third-order valence-corrected chi connectivity index (χ3v) is 3.88. The van der Waals surface area contributed by atoms with Gasteiger partial charge in [-0.15, -0.1) is 0 Å². The molecule has 0 saturated heterocycles. The molecule has 0 aromatic heterocycles. The largest absolute Gasteiger partial charge is 0.506 e. The van der Waals surface area contributed by atoms with Crippen LogP contribution >= 0.6 is 45.2 Å². The van der Waals surface area contributed by atoms with Gasteiger partial charge in [-0.1, -0.05) is 12.7 Å². The van der Waals surface area contributed by atoms with Gasteiger partial charge >= 0.3 is 12.1 Å². The second-order valence-electron chi connectivity index (χ2n) is 3.26. The molecule has 0 aliphatic carbocycles. The van der Waals surface area contributed by atoms with E-state index in [2.05, 4.69) is 11.9 Å². The van der Waals surface area contributed by atoms with Crippen molar-refractivity contribution >= 4 is 62.9 Å². The lowest BCUT2D eigenvalue weighted by molar-refractivity contribution is 0.0693. The summed E-state index contributed by atoms with van der Waals surface area (Å²) in [6, 6.07) is 1.27. The number of amides is 1. The molecule has 0 spiro atoms. The van der Waals surface area contributed by atoms with Crippen LogP contribution in [0.4, 0.5) is 10.5 Å². The maximum atomic E-state index is 11.4. The Kier molecular flexibility index (Phi) is 5.85. The lowest BCUT2D eigenvalue weighted by Gasteiger charge is -2.12. The lowest BCUT2D eigenvalue weighted by Crippen LogP contribution is -2.16. The van der Waals surface area contributed by atoms with Gasteiger partial charge in [-0.25, -0.2) is 9.59 Å². The quantitative estimate of drug-likeness (QED) is 0.447. The normalized spacial score (nSPS) is 9.79. The topological polar surface area (TPSA) is 95.9 Å². The van der Waals surface area contributed by atoms with Crippen molar-refractivity contribution < 1.29 is 24.5 Å². The first-order chi connectivity index (χ1) is 8.88. The van der Waals surface area contributed by atoms with Gasteiger partial charge in [0, 0.05) is 3.57 Å². The molecule has 0 bridgehead atoms. The van der Waals surface area contributed by atoms with E-state index in [1.807, 2.05) is 22.6 Å². The van der Waals surface area contributed by atoms with Crippen LogP contribution in [0, 0.1) is 7.14 Å². The van der Waals surface area contributed by atoms with Crippen LogP contribution in [0.2, 0.25) is 0 Å². The molecule has 3 N–H and O–H groups in total. The maximum absolute atomic E-state index is 11.4. The Bertz CT molecular complexity index is 544. The van der Waals surface area contributed by atoms with E-state index in [4.69, 9.17) is 9.84 Å². The molecule has 19 heavy (non-hydrogen) atoms. The zero-order valence-corrected chi connectivity index (χ0v) is 13.8. The molecule has 1 amide bonds. The number of rotatable bonds is 4. The van der Waals surface area contributed by atoms with Crippen molar-refractivity contribution in [3.63, 3.8) is 0 Å². The Morgan fingerprint density at radius 3 is 2.63 bits per heavy atom. The Balaban J connectivity index is 3.09. The van der Waals surface area contributed by atoms with E-state index in [0.29, 0.717) is 9.26 Å². The number of nitrogens with one attached hydrogen (secondary N) is 1. The van der Waals surface area contributed by atoms with Crippen LogP contribution in [0.5, 0.6) is 5.75 Å². The molecule has 0 atom stereocenters. The second-order valence-corrected chi connectivity index (χ2v) is 5.50. The summed E-state index contributed by atoms with van der Waals surface area (Å²) in [7, 11) is 0. The number of phenols is 1. The number of ether oxygens (including phenoxy) is 1. The molecule has 0 radical (unpaired) electrons. The Morgan fingerprint density at radius 1 is 1.47 bits per heavy atom. The van der Waals surface area contributed by atoms with Crippen molar-refractivity contribution in [2.75, 3.05) is 11.9 Å². The number of carbonyl (C=O) groups is 2. The molecule has 0 aliphatic rings. The van der Waals surface area contributed by atoms with E-state index in [1.165, 1.54) is 12.1 Å². The average molecular weight is 489 g/mol. The van der Waals surface area contributed by atoms with Crippen LogP contribution < -0.4 is 5.32 Å². The highest BCUT2D eigenvalue weighted by Gasteiger charge is 2.20. The summed E-state index contributed by atoms with van der Waals surface area (Å²) in [6.07, 6.45) is 0.707. The minimum atomic E-state index is -1.24. The number of aromatic hydroxyl groups is 1. The third-order valence-electron chi connectivity index (χ3n) is 1.98. The molecule has 0 saturated carbocycles. The number of hydrogen-bond donors (Lipinski definition) is 3. The highest BCUT2D eigenvalue weighted by atomic mass is 127. The van der Waals surface area contributed by atoms with Crippen LogP contribution in [-0.2, 0) is 4.74 Å². The van der Waals surface area contributed by atoms with Crippen LogP contribution in [-0.4, -0.2) is 28.9 Å². The number of aromatic carboxylic acids is 1. The zero-order chi connectivity index (χ0) is 14.6. The van der Waals surface area contributed by atoms with Gasteiger partial charge in [0.15, 0.2) is 0 Å². The van der Waals surface area contributed by atoms with Crippen molar-refractivity contribution in [1.82, 2.24) is 0 Å². The molecule has 102 valence electrons. The smallest absolute Gasteiger partial charge is 0.412 e. The number of carbonyl (C=O) groups excluding carboxylic acids is 1. The van der Waals surface area contributed by atoms with E-state index in [0.717, 1.165) is 0 Å². The molecule has 0 unspecified atom stereocenters. The van der Waals surface area contributed by atoms with Crippen LogP contribution in [0.15, 0.2) is 18.7 Å². The van der Waals surface area contributed by atoms with Gasteiger partial charge < -0.3 is 14.9 Å². The fourth-order valence-corrected chi connectivity index (χ4v) is 3.11. The van der Waals surface area contributed by atoms with E-state index >= 15 is 0 Å². The minimum Gasteiger partial charge on any atom is -0.506 e. The number of carboxylic acid groups (broad SMARTS) is 1. The first kappa shape index (κ1) is 16.0. The van der Waals surface area contributed by atoms with Gasteiger partial charge in [0.2, 0.25) is 0 Å². The number of benzene rings is 1. The fraction of sp³-hybridized carbons (Fsp3) is 0.0909. The molecule has 1 aromatic rings. The highest BCUT2D eigenvalue weighted by Crippen LogP contribution is 2.35. The summed E-state index contributed by atoms with van der Waals surface area (Å²) in [5.41, 5.74) is 0.0802. The van der Waals surface area contributed by atoms with Crippen molar-refractivity contribution in [3.05, 3.63) is 31.4 Å². The summed E-state index contributed by atoms with van der Waals surface area (Å²) in [6.45, 7) is 3.46. The highest BCUT2D eigenvalue weighted by molar-refractivity contribution is 14.1. The predicted molar refractivity (Wildman–Crippen MR) is 85.7 cm³/mol. The molecule has 0 fully saturated rings. The summed E-state index contributed by atoms with van der Waals surface area (Å²) in [4.78, 5) is 22.3. The first-order valence-electron chi connectivity index (χ1n) is 4.87. The maximum Gasteiger partial charge on any atom is 0.412 e. The second kappa shape index (κ2) is 6.93. The fourth-order valence-electron chi connectivity index (χ4n) is 1.16. The van der Waals surface area contributed by atoms with Gasteiger partial charge in [-0.05, 0) is 51.2 Å². The van der Waals surface area contributed by atoms with Crippen molar-refractivity contribution in [3.8, 4) is 5.75 Å². The van der Waals surface area contributed by atoms with Crippen LogP contribution in [0.1, 0.15) is 10.4 Å². The van der Waals surface area contributed by atoms with Crippen molar-refractivity contribution in [1.29, 1.82) is 0 Å². The minimum absolute atomic E-state index is 0.0538. The van der Waals surface area contributed by atoms with Gasteiger partial charge in [0.25, 0.3) is 0 Å². The molecule has 1 aromatic carbocycles. The monoisotopic (exact) mass is 489 g/mol. The Hall–Kier alpha value is -1.04. The van der Waals surface area contributed by atoms with Gasteiger partial charge in [-0.3, -0.25) is 5.32 Å². The summed E-state index contributed by atoms with van der Waals surface area (Å²) in [5.74, 6) is -1.64. The third kappa shape index (κ3) is 3.96. The van der Waals surface area contributed by atoms with Crippen LogP contribution in [0.25, 0.3) is 0 Å². The molecule has 0 aliphatic heterocycles. The van der Waals surface area contributed by atoms with E-state index in [1.54, 1.807) is 22.6 Å².